The first-order valence-corrected chi connectivity index (χ1v) is 7.84. The third-order valence-corrected chi connectivity index (χ3v) is 3.95. The van der Waals surface area contributed by atoms with Gasteiger partial charge < -0.3 is 5.32 Å². The molecule has 1 heterocycles. The summed E-state index contributed by atoms with van der Waals surface area (Å²) in [5.74, 6) is 1.59. The van der Waals surface area contributed by atoms with Crippen LogP contribution < -0.4 is 5.32 Å². The van der Waals surface area contributed by atoms with Gasteiger partial charge in [0.15, 0.2) is 5.82 Å². The van der Waals surface area contributed by atoms with Crippen molar-refractivity contribution < 1.29 is 0 Å². The molecule has 0 spiro atoms. The van der Waals surface area contributed by atoms with Gasteiger partial charge in [0.25, 0.3) is 0 Å². The van der Waals surface area contributed by atoms with Gasteiger partial charge in [0.1, 0.15) is 5.82 Å². The van der Waals surface area contributed by atoms with Gasteiger partial charge in [-0.2, -0.15) is 0 Å². The Morgan fingerprint density at radius 3 is 2.50 bits per heavy atom. The van der Waals surface area contributed by atoms with E-state index in [0.717, 1.165) is 28.7 Å². The molecular formula is C18H18ClN3. The van der Waals surface area contributed by atoms with Crippen molar-refractivity contribution >= 4 is 28.3 Å². The van der Waals surface area contributed by atoms with Crippen molar-refractivity contribution in [2.45, 2.75) is 26.3 Å². The van der Waals surface area contributed by atoms with Gasteiger partial charge >= 0.3 is 0 Å². The van der Waals surface area contributed by atoms with Crippen molar-refractivity contribution in [2.24, 2.45) is 0 Å². The Balaban J connectivity index is 2.13. The first-order valence-electron chi connectivity index (χ1n) is 7.46. The predicted molar refractivity (Wildman–Crippen MR) is 93.4 cm³/mol. The summed E-state index contributed by atoms with van der Waals surface area (Å²) < 4.78 is 0. The highest BCUT2D eigenvalue weighted by atomic mass is 35.5. The van der Waals surface area contributed by atoms with E-state index < -0.39 is 0 Å². The Labute approximate surface area is 135 Å². The minimum absolute atomic E-state index is 0.358. The van der Waals surface area contributed by atoms with E-state index in [4.69, 9.17) is 16.6 Å². The molecule has 2 aromatic carbocycles. The molecule has 0 aliphatic carbocycles. The van der Waals surface area contributed by atoms with Crippen LogP contribution in [0.25, 0.3) is 22.3 Å². The summed E-state index contributed by atoms with van der Waals surface area (Å²) in [5.41, 5.74) is 1.90. The van der Waals surface area contributed by atoms with Crippen LogP contribution in [0, 0.1) is 0 Å². The van der Waals surface area contributed by atoms with Gasteiger partial charge in [0.05, 0.1) is 5.52 Å². The van der Waals surface area contributed by atoms with E-state index in [9.17, 15) is 0 Å². The number of rotatable bonds is 4. The summed E-state index contributed by atoms with van der Waals surface area (Å²) in [6, 6.07) is 16.0. The average molecular weight is 312 g/mol. The topological polar surface area (TPSA) is 37.8 Å². The smallest absolute Gasteiger partial charge is 0.162 e. The number of para-hydroxylation sites is 1. The van der Waals surface area contributed by atoms with Gasteiger partial charge in [-0.15, -0.1) is 0 Å². The molecule has 0 fully saturated rings. The van der Waals surface area contributed by atoms with Gasteiger partial charge in [-0.05, 0) is 49.7 Å². The van der Waals surface area contributed by atoms with E-state index in [2.05, 4.69) is 24.1 Å². The van der Waals surface area contributed by atoms with Crippen LogP contribution in [0.5, 0.6) is 0 Å². The number of fused-ring (bicyclic) bond motifs is 1. The SMILES string of the molecule is CC[C@@H](C)Nc1nc(-c2ccc(Cl)cc2)nc2ccccc12. The minimum Gasteiger partial charge on any atom is -0.367 e. The molecule has 3 rings (SSSR count). The average Bonchev–Trinajstić information content (AvgIpc) is 2.55. The molecule has 0 aliphatic rings. The van der Waals surface area contributed by atoms with Crippen molar-refractivity contribution in [2.75, 3.05) is 5.32 Å². The molecule has 1 N–H and O–H groups in total. The standard InChI is InChI=1S/C18H18ClN3/c1-3-12(2)20-18-15-6-4-5-7-16(15)21-17(22-18)13-8-10-14(19)11-9-13/h4-12H,3H2,1-2H3,(H,20,21,22)/t12-/m1/s1. The highest BCUT2D eigenvalue weighted by Crippen LogP contribution is 2.26. The quantitative estimate of drug-likeness (QED) is 0.723. The molecule has 0 bridgehead atoms. The maximum absolute atomic E-state index is 5.96. The molecule has 0 amide bonds. The zero-order valence-electron chi connectivity index (χ0n) is 12.7. The lowest BCUT2D eigenvalue weighted by Gasteiger charge is -2.15. The lowest BCUT2D eigenvalue weighted by molar-refractivity contribution is 0.760. The molecule has 1 atom stereocenters. The molecule has 112 valence electrons. The zero-order chi connectivity index (χ0) is 15.5. The largest absolute Gasteiger partial charge is 0.367 e. The Hall–Kier alpha value is -2.13. The Morgan fingerprint density at radius 1 is 1.05 bits per heavy atom. The molecule has 0 saturated carbocycles. The van der Waals surface area contributed by atoms with Crippen molar-refractivity contribution in [3.8, 4) is 11.4 Å². The van der Waals surface area contributed by atoms with Crippen LogP contribution in [0.2, 0.25) is 5.02 Å². The Bertz CT molecular complexity index is 784. The van der Waals surface area contributed by atoms with Gasteiger partial charge in [-0.1, -0.05) is 30.7 Å². The van der Waals surface area contributed by atoms with Crippen molar-refractivity contribution in [1.82, 2.24) is 9.97 Å². The van der Waals surface area contributed by atoms with Crippen LogP contribution in [0.4, 0.5) is 5.82 Å². The molecule has 0 unspecified atom stereocenters. The molecule has 0 radical (unpaired) electrons. The van der Waals surface area contributed by atoms with E-state index >= 15 is 0 Å². The summed E-state index contributed by atoms with van der Waals surface area (Å²) in [4.78, 5) is 9.40. The van der Waals surface area contributed by atoms with Gasteiger partial charge in [-0.25, -0.2) is 9.97 Å². The summed E-state index contributed by atoms with van der Waals surface area (Å²) >= 11 is 5.96. The van der Waals surface area contributed by atoms with Crippen LogP contribution in [0.1, 0.15) is 20.3 Å². The molecule has 3 aromatic rings. The molecule has 1 aromatic heterocycles. The second kappa shape index (κ2) is 6.32. The van der Waals surface area contributed by atoms with Crippen molar-refractivity contribution in [1.29, 1.82) is 0 Å². The predicted octanol–water partition coefficient (Wildman–Crippen LogP) is 5.16. The number of hydrogen-bond acceptors (Lipinski definition) is 3. The van der Waals surface area contributed by atoms with Crippen LogP contribution in [0.3, 0.4) is 0 Å². The third kappa shape index (κ3) is 3.04. The highest BCUT2D eigenvalue weighted by Gasteiger charge is 2.10. The minimum atomic E-state index is 0.358. The summed E-state index contributed by atoms with van der Waals surface area (Å²) in [5, 5.41) is 5.23. The molecule has 0 aliphatic heterocycles. The number of nitrogens with zero attached hydrogens (tertiary/aromatic N) is 2. The maximum atomic E-state index is 5.96. The van der Waals surface area contributed by atoms with E-state index in [-0.39, 0.29) is 0 Å². The first kappa shape index (κ1) is 14.8. The number of anilines is 1. The summed E-state index contributed by atoms with van der Waals surface area (Å²) in [6.07, 6.45) is 1.04. The van der Waals surface area contributed by atoms with Crippen LogP contribution in [-0.2, 0) is 0 Å². The van der Waals surface area contributed by atoms with E-state index in [1.54, 1.807) is 0 Å². The number of hydrogen-bond donors (Lipinski definition) is 1. The highest BCUT2D eigenvalue weighted by molar-refractivity contribution is 6.30. The van der Waals surface area contributed by atoms with Gasteiger partial charge in [-0.3, -0.25) is 0 Å². The number of nitrogens with one attached hydrogen (secondary N) is 1. The Morgan fingerprint density at radius 2 is 1.77 bits per heavy atom. The van der Waals surface area contributed by atoms with E-state index in [1.165, 1.54) is 0 Å². The van der Waals surface area contributed by atoms with Crippen molar-refractivity contribution in [3.05, 3.63) is 53.6 Å². The van der Waals surface area contributed by atoms with Gasteiger partial charge in [0.2, 0.25) is 0 Å². The second-order valence-corrected chi connectivity index (χ2v) is 5.81. The van der Waals surface area contributed by atoms with Gasteiger partial charge in [0, 0.05) is 22.0 Å². The fraction of sp³-hybridized carbons (Fsp3) is 0.222. The van der Waals surface area contributed by atoms with Crippen molar-refractivity contribution in [3.63, 3.8) is 0 Å². The normalized spacial score (nSPS) is 12.3. The summed E-state index contributed by atoms with van der Waals surface area (Å²) in [6.45, 7) is 4.31. The lowest BCUT2D eigenvalue weighted by atomic mass is 10.1. The monoisotopic (exact) mass is 311 g/mol. The molecule has 3 nitrogen and oxygen atoms in total. The van der Waals surface area contributed by atoms with Crippen LogP contribution in [-0.4, -0.2) is 16.0 Å². The third-order valence-electron chi connectivity index (χ3n) is 3.70. The Kier molecular flexibility index (Phi) is 4.25. The van der Waals surface area contributed by atoms with E-state index in [0.29, 0.717) is 16.9 Å². The number of benzene rings is 2. The number of aromatic nitrogens is 2. The maximum Gasteiger partial charge on any atom is 0.162 e. The molecule has 0 saturated heterocycles. The zero-order valence-corrected chi connectivity index (χ0v) is 13.4. The molecule has 4 heteroatoms. The number of halogens is 1. The second-order valence-electron chi connectivity index (χ2n) is 5.37. The molecule has 22 heavy (non-hydrogen) atoms. The van der Waals surface area contributed by atoms with Crippen LogP contribution in [0.15, 0.2) is 48.5 Å². The summed E-state index contributed by atoms with van der Waals surface area (Å²) in [7, 11) is 0. The molecular weight excluding hydrogens is 294 g/mol. The fourth-order valence-electron chi connectivity index (χ4n) is 2.25. The van der Waals surface area contributed by atoms with Crippen LogP contribution >= 0.6 is 11.6 Å². The van der Waals surface area contributed by atoms with E-state index in [1.807, 2.05) is 48.5 Å². The first-order chi connectivity index (χ1) is 10.7. The lowest BCUT2D eigenvalue weighted by Crippen LogP contribution is -2.15. The fourth-order valence-corrected chi connectivity index (χ4v) is 2.38.